The predicted octanol–water partition coefficient (Wildman–Crippen LogP) is 2.05. The number of nitrogens with one attached hydrogen (secondary N) is 2. The van der Waals surface area contributed by atoms with Crippen LogP contribution in [0.15, 0.2) is 48.5 Å². The van der Waals surface area contributed by atoms with E-state index in [1.165, 1.54) is 0 Å². The first-order valence-corrected chi connectivity index (χ1v) is 9.47. The van der Waals surface area contributed by atoms with Crippen molar-refractivity contribution in [2.75, 3.05) is 29.6 Å². The molecule has 146 valence electrons. The molecule has 2 heterocycles. The SMILES string of the molecule is Cc1cccc(C(=O)NO)c1N1CCC2(CC1)C(=O)NCN2c1ccccc1. The Morgan fingerprint density at radius 1 is 1.11 bits per heavy atom. The quantitative estimate of drug-likeness (QED) is 0.561. The van der Waals surface area contributed by atoms with Gasteiger partial charge in [-0.15, -0.1) is 0 Å². The Morgan fingerprint density at radius 3 is 2.50 bits per heavy atom. The van der Waals surface area contributed by atoms with Gasteiger partial charge < -0.3 is 15.1 Å². The van der Waals surface area contributed by atoms with Gasteiger partial charge in [0.25, 0.3) is 5.91 Å². The highest BCUT2D eigenvalue weighted by Crippen LogP contribution is 2.38. The van der Waals surface area contributed by atoms with Gasteiger partial charge in [-0.05, 0) is 43.5 Å². The lowest BCUT2D eigenvalue weighted by atomic mass is 9.85. The smallest absolute Gasteiger partial charge is 0.276 e. The Kier molecular flexibility index (Phi) is 4.68. The maximum atomic E-state index is 12.8. The van der Waals surface area contributed by atoms with E-state index in [1.807, 2.05) is 43.3 Å². The Bertz CT molecular complexity index is 892. The first-order chi connectivity index (χ1) is 13.6. The normalized spacial score (nSPS) is 18.3. The largest absolute Gasteiger partial charge is 0.370 e. The van der Waals surface area contributed by atoms with E-state index in [0.717, 1.165) is 16.9 Å². The number of amides is 2. The van der Waals surface area contributed by atoms with Crippen molar-refractivity contribution < 1.29 is 14.8 Å². The Morgan fingerprint density at radius 2 is 1.82 bits per heavy atom. The minimum absolute atomic E-state index is 0.0640. The van der Waals surface area contributed by atoms with Gasteiger partial charge in [0.2, 0.25) is 5.91 Å². The van der Waals surface area contributed by atoms with Crippen molar-refractivity contribution in [2.24, 2.45) is 0 Å². The van der Waals surface area contributed by atoms with Crippen molar-refractivity contribution in [3.63, 3.8) is 0 Å². The van der Waals surface area contributed by atoms with Gasteiger partial charge in [0.05, 0.1) is 17.9 Å². The average Bonchev–Trinajstić information content (AvgIpc) is 3.04. The number of para-hydroxylation sites is 2. The number of anilines is 2. The number of carbonyl (C=O) groups excluding carboxylic acids is 2. The molecule has 2 aromatic rings. The van der Waals surface area contributed by atoms with Crippen LogP contribution in [0.1, 0.15) is 28.8 Å². The molecule has 0 unspecified atom stereocenters. The first kappa shape index (κ1) is 18.3. The summed E-state index contributed by atoms with van der Waals surface area (Å²) in [5, 5.41) is 12.1. The molecular weight excluding hydrogens is 356 g/mol. The molecule has 0 saturated carbocycles. The number of aryl methyl sites for hydroxylation is 1. The summed E-state index contributed by atoms with van der Waals surface area (Å²) in [6, 6.07) is 15.4. The van der Waals surface area contributed by atoms with Gasteiger partial charge in [0.1, 0.15) is 5.54 Å². The monoisotopic (exact) mass is 380 g/mol. The lowest BCUT2D eigenvalue weighted by Gasteiger charge is -2.44. The number of rotatable bonds is 3. The van der Waals surface area contributed by atoms with Crippen LogP contribution in [0.25, 0.3) is 0 Å². The van der Waals surface area contributed by atoms with Crippen LogP contribution in [0.4, 0.5) is 11.4 Å². The summed E-state index contributed by atoms with van der Waals surface area (Å²) < 4.78 is 0. The van der Waals surface area contributed by atoms with Gasteiger partial charge >= 0.3 is 0 Å². The molecule has 2 amide bonds. The van der Waals surface area contributed by atoms with Gasteiger partial charge in [-0.25, -0.2) is 5.48 Å². The summed E-state index contributed by atoms with van der Waals surface area (Å²) in [5.41, 5.74) is 4.42. The van der Waals surface area contributed by atoms with Crippen molar-refractivity contribution >= 4 is 23.2 Å². The fourth-order valence-electron chi connectivity index (χ4n) is 4.46. The number of hydrogen-bond donors (Lipinski definition) is 3. The Hall–Kier alpha value is -3.06. The molecule has 0 atom stereocenters. The zero-order chi connectivity index (χ0) is 19.7. The molecule has 2 aromatic carbocycles. The molecule has 2 aliphatic heterocycles. The molecule has 1 spiro atoms. The zero-order valence-electron chi connectivity index (χ0n) is 15.8. The van der Waals surface area contributed by atoms with Crippen molar-refractivity contribution in [1.29, 1.82) is 0 Å². The van der Waals surface area contributed by atoms with Crippen LogP contribution >= 0.6 is 0 Å². The average molecular weight is 380 g/mol. The summed E-state index contributed by atoms with van der Waals surface area (Å²) in [7, 11) is 0. The Labute approximate surface area is 163 Å². The molecule has 0 radical (unpaired) electrons. The highest BCUT2D eigenvalue weighted by molar-refractivity contribution is 6.00. The lowest BCUT2D eigenvalue weighted by Crippen LogP contribution is -2.56. The van der Waals surface area contributed by atoms with Crippen LogP contribution in [0.2, 0.25) is 0 Å². The van der Waals surface area contributed by atoms with Gasteiger partial charge in [-0.1, -0.05) is 30.3 Å². The van der Waals surface area contributed by atoms with E-state index < -0.39 is 11.4 Å². The van der Waals surface area contributed by atoms with Crippen LogP contribution < -0.4 is 20.6 Å². The molecule has 2 fully saturated rings. The van der Waals surface area contributed by atoms with Gasteiger partial charge in [0.15, 0.2) is 0 Å². The van der Waals surface area contributed by atoms with Crippen molar-refractivity contribution in [3.05, 3.63) is 59.7 Å². The standard InChI is InChI=1S/C21H24N4O3/c1-15-6-5-9-17(19(26)23-28)18(15)24-12-10-21(11-13-24)20(27)22-14-25(21)16-7-3-2-4-8-16/h2-9,28H,10-14H2,1H3,(H,22,27)(H,23,26). The highest BCUT2D eigenvalue weighted by Gasteiger charge is 2.50. The molecule has 2 saturated heterocycles. The summed E-state index contributed by atoms with van der Waals surface area (Å²) in [6.07, 6.45) is 1.31. The van der Waals surface area contributed by atoms with Crippen LogP contribution in [-0.4, -0.2) is 42.3 Å². The number of benzene rings is 2. The molecule has 0 aromatic heterocycles. The molecule has 4 rings (SSSR count). The fraction of sp³-hybridized carbons (Fsp3) is 0.333. The van der Waals surface area contributed by atoms with Crippen LogP contribution in [0.3, 0.4) is 0 Å². The van der Waals surface area contributed by atoms with Crippen LogP contribution in [0, 0.1) is 6.92 Å². The third kappa shape index (κ3) is 2.88. The van der Waals surface area contributed by atoms with Crippen molar-refractivity contribution in [2.45, 2.75) is 25.3 Å². The zero-order valence-corrected chi connectivity index (χ0v) is 15.8. The lowest BCUT2D eigenvalue weighted by molar-refractivity contribution is -0.124. The van der Waals surface area contributed by atoms with Crippen LogP contribution in [0.5, 0.6) is 0 Å². The summed E-state index contributed by atoms with van der Waals surface area (Å²) >= 11 is 0. The van der Waals surface area contributed by atoms with E-state index in [9.17, 15) is 9.59 Å². The van der Waals surface area contributed by atoms with E-state index in [1.54, 1.807) is 17.6 Å². The van der Waals surface area contributed by atoms with E-state index >= 15 is 0 Å². The third-order valence-corrected chi connectivity index (χ3v) is 5.90. The minimum atomic E-state index is -0.570. The number of piperidine rings is 1. The number of hydrogen-bond acceptors (Lipinski definition) is 5. The van der Waals surface area contributed by atoms with Crippen molar-refractivity contribution in [3.8, 4) is 0 Å². The van der Waals surface area contributed by atoms with E-state index in [0.29, 0.717) is 38.2 Å². The molecule has 3 N–H and O–H groups in total. The molecule has 0 bridgehead atoms. The first-order valence-electron chi connectivity index (χ1n) is 9.47. The Balaban J connectivity index is 1.61. The van der Waals surface area contributed by atoms with E-state index in [4.69, 9.17) is 5.21 Å². The molecule has 0 aliphatic carbocycles. The summed E-state index contributed by atoms with van der Waals surface area (Å²) in [6.45, 7) is 3.75. The van der Waals surface area contributed by atoms with E-state index in [-0.39, 0.29) is 5.91 Å². The summed E-state index contributed by atoms with van der Waals surface area (Å²) in [5.74, 6) is -0.461. The third-order valence-electron chi connectivity index (χ3n) is 5.90. The number of carbonyl (C=O) groups is 2. The molecule has 28 heavy (non-hydrogen) atoms. The van der Waals surface area contributed by atoms with E-state index in [2.05, 4.69) is 15.1 Å². The second kappa shape index (κ2) is 7.16. The maximum Gasteiger partial charge on any atom is 0.276 e. The highest BCUT2D eigenvalue weighted by atomic mass is 16.5. The molecular formula is C21H24N4O3. The minimum Gasteiger partial charge on any atom is -0.370 e. The van der Waals surface area contributed by atoms with Gasteiger partial charge in [-0.3, -0.25) is 14.8 Å². The fourth-order valence-corrected chi connectivity index (χ4v) is 4.46. The van der Waals surface area contributed by atoms with Gasteiger partial charge in [-0.2, -0.15) is 0 Å². The van der Waals surface area contributed by atoms with Crippen LogP contribution in [-0.2, 0) is 4.79 Å². The predicted molar refractivity (Wildman–Crippen MR) is 107 cm³/mol. The number of nitrogens with zero attached hydrogens (tertiary/aromatic N) is 2. The van der Waals surface area contributed by atoms with Crippen molar-refractivity contribution in [1.82, 2.24) is 10.8 Å². The summed E-state index contributed by atoms with van der Waals surface area (Å²) in [4.78, 5) is 29.2. The second-order valence-electron chi connectivity index (χ2n) is 7.36. The molecule has 7 heteroatoms. The second-order valence-corrected chi connectivity index (χ2v) is 7.36. The van der Waals surface area contributed by atoms with Gasteiger partial charge in [0, 0.05) is 18.8 Å². The molecule has 7 nitrogen and oxygen atoms in total. The topological polar surface area (TPSA) is 84.9 Å². The molecule has 2 aliphatic rings. The number of hydroxylamine groups is 1. The maximum absolute atomic E-state index is 12.8.